The number of fused-ring (bicyclic) bond motifs is 3. The first kappa shape index (κ1) is 23.5. The minimum atomic E-state index is -1.13. The summed E-state index contributed by atoms with van der Waals surface area (Å²) in [6.45, 7) is 2.48. The normalized spacial score (nSPS) is 13.3. The lowest BCUT2D eigenvalue weighted by Crippen LogP contribution is -2.43. The predicted molar refractivity (Wildman–Crippen MR) is 138 cm³/mol. The maximum absolute atomic E-state index is 13.1. The average Bonchev–Trinajstić information content (AvgIpc) is 2.92. The second-order valence-corrected chi connectivity index (χ2v) is 8.73. The Balaban J connectivity index is 1.87. The minimum Gasteiger partial charge on any atom is -0.497 e. The highest BCUT2D eigenvalue weighted by Gasteiger charge is 2.46. The molecule has 2 heterocycles. The van der Waals surface area contributed by atoms with Gasteiger partial charge < -0.3 is 14.2 Å². The third-order valence-corrected chi connectivity index (χ3v) is 6.71. The number of hydrogen-bond donors (Lipinski definition) is 1. The van der Waals surface area contributed by atoms with Crippen molar-refractivity contribution in [1.82, 2.24) is 9.55 Å². The van der Waals surface area contributed by atoms with Crippen molar-refractivity contribution in [2.24, 2.45) is 0 Å². The minimum absolute atomic E-state index is 0.266. The monoisotopic (exact) mass is 484 g/mol. The third-order valence-electron chi connectivity index (χ3n) is 6.71. The fourth-order valence-corrected chi connectivity index (χ4v) is 4.87. The van der Waals surface area contributed by atoms with E-state index in [-0.39, 0.29) is 5.88 Å². The summed E-state index contributed by atoms with van der Waals surface area (Å²) in [6.07, 6.45) is 1.65. The Labute approximate surface area is 208 Å². The van der Waals surface area contributed by atoms with E-state index in [0.717, 1.165) is 35.1 Å². The molecule has 184 valence electrons. The maximum atomic E-state index is 13.1. The number of benzene rings is 3. The Morgan fingerprint density at radius 3 is 2.00 bits per heavy atom. The summed E-state index contributed by atoms with van der Waals surface area (Å²) in [6, 6.07) is 23.0. The van der Waals surface area contributed by atoms with Crippen molar-refractivity contribution < 1.29 is 14.2 Å². The molecule has 5 rings (SSSR count). The van der Waals surface area contributed by atoms with Gasteiger partial charge in [0.15, 0.2) is 5.60 Å². The van der Waals surface area contributed by atoms with Gasteiger partial charge in [0.2, 0.25) is 5.88 Å². The SMILES string of the molecule is CCCCn1c2c(c(=O)[nH]c1=O)-c1ccccc1C(c1ccc(OC)cc1)(c1ccc(OC)cc1)O2. The first-order chi connectivity index (χ1) is 17.5. The Morgan fingerprint density at radius 1 is 0.861 bits per heavy atom. The number of methoxy groups -OCH3 is 2. The van der Waals surface area contributed by atoms with E-state index in [4.69, 9.17) is 14.2 Å². The van der Waals surface area contributed by atoms with Gasteiger partial charge in [0.1, 0.15) is 17.1 Å². The largest absolute Gasteiger partial charge is 0.497 e. The van der Waals surface area contributed by atoms with Gasteiger partial charge >= 0.3 is 5.69 Å². The lowest BCUT2D eigenvalue weighted by atomic mass is 9.75. The molecule has 1 aliphatic heterocycles. The van der Waals surface area contributed by atoms with E-state index < -0.39 is 16.9 Å². The Hall–Kier alpha value is -4.26. The zero-order valence-electron chi connectivity index (χ0n) is 20.5. The van der Waals surface area contributed by atoms with Crippen molar-refractivity contribution >= 4 is 0 Å². The van der Waals surface area contributed by atoms with Crippen LogP contribution in [0.25, 0.3) is 11.1 Å². The standard InChI is InChI=1S/C29H28N2O5/c1-4-5-18-31-27-25(26(32)30-28(31)33)23-8-6-7-9-24(23)29(36-27,19-10-14-21(34-2)15-11-19)20-12-16-22(35-3)17-13-20/h6-17H,4-5,18H2,1-3H3,(H,30,32,33). The molecule has 36 heavy (non-hydrogen) atoms. The molecule has 0 amide bonds. The summed E-state index contributed by atoms with van der Waals surface area (Å²) in [7, 11) is 3.24. The zero-order chi connectivity index (χ0) is 25.3. The number of aromatic nitrogens is 2. The van der Waals surface area contributed by atoms with Crippen molar-refractivity contribution in [2.75, 3.05) is 14.2 Å². The number of H-pyrrole nitrogens is 1. The number of rotatable bonds is 7. The van der Waals surface area contributed by atoms with E-state index in [1.165, 1.54) is 4.57 Å². The molecule has 0 fully saturated rings. The number of ether oxygens (including phenoxy) is 3. The second-order valence-electron chi connectivity index (χ2n) is 8.73. The Kier molecular flexibility index (Phi) is 6.14. The fraction of sp³-hybridized carbons (Fsp3) is 0.241. The van der Waals surface area contributed by atoms with Crippen LogP contribution in [0.4, 0.5) is 0 Å². The van der Waals surface area contributed by atoms with Crippen LogP contribution in [-0.4, -0.2) is 23.8 Å². The van der Waals surface area contributed by atoms with E-state index in [2.05, 4.69) is 11.9 Å². The molecule has 0 saturated carbocycles. The van der Waals surface area contributed by atoms with Crippen molar-refractivity contribution in [3.8, 4) is 28.5 Å². The van der Waals surface area contributed by atoms with Crippen LogP contribution in [0.1, 0.15) is 36.5 Å². The van der Waals surface area contributed by atoms with Gasteiger partial charge in [-0.25, -0.2) is 4.79 Å². The van der Waals surface area contributed by atoms with Gasteiger partial charge in [-0.05, 0) is 30.7 Å². The second kappa shape index (κ2) is 9.41. The number of nitrogens with one attached hydrogen (secondary N) is 1. The van der Waals surface area contributed by atoms with Crippen LogP contribution in [0.15, 0.2) is 82.4 Å². The first-order valence-electron chi connectivity index (χ1n) is 12.0. The molecular formula is C29H28N2O5. The van der Waals surface area contributed by atoms with Crippen LogP contribution < -0.4 is 25.5 Å². The van der Waals surface area contributed by atoms with Crippen molar-refractivity contribution in [1.29, 1.82) is 0 Å². The van der Waals surface area contributed by atoms with Gasteiger partial charge in [0, 0.05) is 28.8 Å². The molecule has 1 N–H and O–H groups in total. The highest BCUT2D eigenvalue weighted by Crippen LogP contribution is 2.50. The van der Waals surface area contributed by atoms with Gasteiger partial charge in [0.25, 0.3) is 5.56 Å². The summed E-state index contributed by atoms with van der Waals surface area (Å²) in [5.74, 6) is 1.69. The summed E-state index contributed by atoms with van der Waals surface area (Å²) >= 11 is 0. The summed E-state index contributed by atoms with van der Waals surface area (Å²) in [5, 5.41) is 0. The molecule has 0 atom stereocenters. The van der Waals surface area contributed by atoms with Crippen LogP contribution in [0.3, 0.4) is 0 Å². The van der Waals surface area contributed by atoms with Gasteiger partial charge in [-0.3, -0.25) is 14.3 Å². The van der Waals surface area contributed by atoms with Crippen molar-refractivity contribution in [3.63, 3.8) is 0 Å². The highest BCUT2D eigenvalue weighted by molar-refractivity contribution is 5.77. The number of hydrogen-bond acceptors (Lipinski definition) is 5. The molecule has 0 radical (unpaired) electrons. The van der Waals surface area contributed by atoms with Crippen LogP contribution in [0, 0.1) is 0 Å². The molecule has 4 aromatic rings. The van der Waals surface area contributed by atoms with E-state index in [1.54, 1.807) is 14.2 Å². The third kappa shape index (κ3) is 3.68. The summed E-state index contributed by atoms with van der Waals surface area (Å²) in [4.78, 5) is 28.6. The quantitative estimate of drug-likeness (QED) is 0.411. The summed E-state index contributed by atoms with van der Waals surface area (Å²) < 4.78 is 19.3. The van der Waals surface area contributed by atoms with Crippen LogP contribution >= 0.6 is 0 Å². The molecule has 1 aromatic heterocycles. The van der Waals surface area contributed by atoms with Crippen LogP contribution in [0.2, 0.25) is 0 Å². The van der Waals surface area contributed by atoms with E-state index in [0.29, 0.717) is 23.6 Å². The molecule has 7 heteroatoms. The van der Waals surface area contributed by atoms with E-state index in [1.807, 2.05) is 72.8 Å². The number of aromatic amines is 1. The molecule has 1 aliphatic rings. The molecule has 0 saturated heterocycles. The van der Waals surface area contributed by atoms with E-state index in [9.17, 15) is 9.59 Å². The molecule has 0 bridgehead atoms. The van der Waals surface area contributed by atoms with Gasteiger partial charge in [-0.15, -0.1) is 0 Å². The maximum Gasteiger partial charge on any atom is 0.331 e. The first-order valence-corrected chi connectivity index (χ1v) is 12.0. The molecule has 0 spiro atoms. The molecule has 0 unspecified atom stereocenters. The van der Waals surface area contributed by atoms with Crippen molar-refractivity contribution in [2.45, 2.75) is 31.9 Å². The zero-order valence-corrected chi connectivity index (χ0v) is 20.5. The lowest BCUT2D eigenvalue weighted by molar-refractivity contribution is 0.133. The van der Waals surface area contributed by atoms with Gasteiger partial charge in [-0.1, -0.05) is 61.9 Å². The number of unbranched alkanes of at least 4 members (excludes halogenated alkanes) is 1. The Morgan fingerprint density at radius 2 is 1.44 bits per heavy atom. The molecule has 7 nitrogen and oxygen atoms in total. The number of nitrogens with zero attached hydrogens (tertiary/aromatic N) is 1. The topological polar surface area (TPSA) is 82.6 Å². The molecule has 3 aromatic carbocycles. The van der Waals surface area contributed by atoms with Gasteiger partial charge in [0.05, 0.1) is 14.2 Å². The Bertz CT molecular complexity index is 1450. The highest BCUT2D eigenvalue weighted by atomic mass is 16.5. The van der Waals surface area contributed by atoms with E-state index >= 15 is 0 Å². The smallest absolute Gasteiger partial charge is 0.331 e. The van der Waals surface area contributed by atoms with Crippen LogP contribution in [0.5, 0.6) is 17.4 Å². The average molecular weight is 485 g/mol. The van der Waals surface area contributed by atoms with Crippen LogP contribution in [-0.2, 0) is 12.1 Å². The summed E-state index contributed by atoms with van der Waals surface area (Å²) in [5.41, 5.74) is 1.48. The van der Waals surface area contributed by atoms with Gasteiger partial charge in [-0.2, -0.15) is 0 Å². The molecular weight excluding hydrogens is 456 g/mol. The molecule has 0 aliphatic carbocycles. The fourth-order valence-electron chi connectivity index (χ4n) is 4.87. The van der Waals surface area contributed by atoms with Crippen molar-refractivity contribution in [3.05, 3.63) is 110 Å². The predicted octanol–water partition coefficient (Wildman–Crippen LogP) is 4.71. The lowest BCUT2D eigenvalue weighted by Gasteiger charge is -2.41.